The van der Waals surface area contributed by atoms with Crippen molar-refractivity contribution in [3.8, 4) is 0 Å². The van der Waals surface area contributed by atoms with Crippen molar-refractivity contribution >= 4 is 17.3 Å². The van der Waals surface area contributed by atoms with Crippen LogP contribution in [0.4, 0.5) is 5.69 Å². The van der Waals surface area contributed by atoms with Crippen molar-refractivity contribution in [2.45, 2.75) is 13.8 Å². The highest BCUT2D eigenvalue weighted by Crippen LogP contribution is 2.24. The minimum Gasteiger partial charge on any atom is -0.366 e. The van der Waals surface area contributed by atoms with Crippen molar-refractivity contribution in [2.75, 3.05) is 37.6 Å². The van der Waals surface area contributed by atoms with E-state index in [9.17, 15) is 0 Å². The lowest BCUT2D eigenvalue weighted by molar-refractivity contribution is 0.271. The molecule has 3 nitrogen and oxygen atoms in total. The van der Waals surface area contributed by atoms with Crippen molar-refractivity contribution < 1.29 is 0 Å². The quantitative estimate of drug-likeness (QED) is 0.738. The Morgan fingerprint density at radius 3 is 2.50 bits per heavy atom. The van der Waals surface area contributed by atoms with E-state index in [0.717, 1.165) is 44.1 Å². The van der Waals surface area contributed by atoms with Crippen molar-refractivity contribution in [2.24, 2.45) is 0 Å². The van der Waals surface area contributed by atoms with E-state index >= 15 is 0 Å². The molecule has 16 heavy (non-hydrogen) atoms. The van der Waals surface area contributed by atoms with E-state index in [0.29, 0.717) is 5.15 Å². The molecule has 0 N–H and O–H groups in total. The fraction of sp³-hybridized carbons (Fsp3) is 0.583. The molecule has 1 saturated heterocycles. The van der Waals surface area contributed by atoms with Crippen LogP contribution in [0, 0.1) is 6.92 Å². The fourth-order valence-corrected chi connectivity index (χ4v) is 2.37. The molecule has 0 aliphatic carbocycles. The number of rotatable bonds is 2. The second-order valence-electron chi connectivity index (χ2n) is 4.18. The van der Waals surface area contributed by atoms with Gasteiger partial charge in [-0.2, -0.15) is 0 Å². The number of hydrogen-bond acceptors (Lipinski definition) is 3. The largest absolute Gasteiger partial charge is 0.366 e. The molecule has 1 aromatic rings. The Bertz CT molecular complexity index is 359. The second kappa shape index (κ2) is 5.02. The first-order valence-electron chi connectivity index (χ1n) is 5.81. The molecule has 1 fully saturated rings. The average Bonchev–Trinajstić information content (AvgIpc) is 2.29. The smallest absolute Gasteiger partial charge is 0.152 e. The number of pyridine rings is 1. The van der Waals surface area contributed by atoms with Crippen LogP contribution in [0.2, 0.25) is 5.15 Å². The van der Waals surface area contributed by atoms with Crippen LogP contribution in [-0.2, 0) is 0 Å². The van der Waals surface area contributed by atoms with Gasteiger partial charge in [0.2, 0.25) is 0 Å². The highest BCUT2D eigenvalue weighted by molar-refractivity contribution is 6.32. The van der Waals surface area contributed by atoms with Gasteiger partial charge in [-0.25, -0.2) is 4.98 Å². The molecular weight excluding hydrogens is 222 g/mol. The summed E-state index contributed by atoms with van der Waals surface area (Å²) in [6.45, 7) is 9.60. The maximum absolute atomic E-state index is 6.17. The van der Waals surface area contributed by atoms with Gasteiger partial charge in [-0.1, -0.05) is 18.5 Å². The Morgan fingerprint density at radius 2 is 1.94 bits per heavy atom. The Morgan fingerprint density at radius 1 is 1.25 bits per heavy atom. The standard InChI is InChI=1S/C12H18ClN3/c1-3-15-6-8-16(9-7-15)11-5-4-10(2)14-12(11)13/h4-5H,3,6-9H2,1-2H3. The van der Waals surface area contributed by atoms with Gasteiger partial charge in [0.25, 0.3) is 0 Å². The molecule has 0 spiro atoms. The summed E-state index contributed by atoms with van der Waals surface area (Å²) in [4.78, 5) is 9.07. The van der Waals surface area contributed by atoms with Crippen LogP contribution >= 0.6 is 11.6 Å². The van der Waals surface area contributed by atoms with E-state index in [4.69, 9.17) is 11.6 Å². The van der Waals surface area contributed by atoms with E-state index in [2.05, 4.69) is 27.8 Å². The number of piperazine rings is 1. The zero-order valence-corrected chi connectivity index (χ0v) is 10.7. The molecule has 1 aliphatic rings. The average molecular weight is 240 g/mol. The second-order valence-corrected chi connectivity index (χ2v) is 4.54. The Labute approximate surface area is 102 Å². The number of nitrogens with zero attached hydrogens (tertiary/aromatic N) is 3. The maximum Gasteiger partial charge on any atom is 0.152 e. The topological polar surface area (TPSA) is 19.4 Å². The summed E-state index contributed by atoms with van der Waals surface area (Å²) in [5.74, 6) is 0. The molecule has 4 heteroatoms. The van der Waals surface area contributed by atoms with Crippen molar-refractivity contribution in [3.63, 3.8) is 0 Å². The Hall–Kier alpha value is -0.800. The molecule has 0 saturated carbocycles. The van der Waals surface area contributed by atoms with Gasteiger partial charge in [0.05, 0.1) is 5.69 Å². The van der Waals surface area contributed by atoms with Crippen LogP contribution in [0.25, 0.3) is 0 Å². The van der Waals surface area contributed by atoms with Crippen molar-refractivity contribution in [1.29, 1.82) is 0 Å². The predicted molar refractivity (Wildman–Crippen MR) is 68.3 cm³/mol. The van der Waals surface area contributed by atoms with Crippen LogP contribution in [0.15, 0.2) is 12.1 Å². The van der Waals surface area contributed by atoms with Crippen LogP contribution in [0.1, 0.15) is 12.6 Å². The van der Waals surface area contributed by atoms with Gasteiger partial charge in [-0.15, -0.1) is 0 Å². The molecule has 0 unspecified atom stereocenters. The summed E-state index contributed by atoms with van der Waals surface area (Å²) in [6.07, 6.45) is 0. The van der Waals surface area contributed by atoms with Crippen molar-refractivity contribution in [1.82, 2.24) is 9.88 Å². The molecule has 1 aliphatic heterocycles. The third kappa shape index (κ3) is 2.47. The monoisotopic (exact) mass is 239 g/mol. The molecular formula is C12H18ClN3. The molecule has 0 radical (unpaired) electrons. The number of hydrogen-bond donors (Lipinski definition) is 0. The summed E-state index contributed by atoms with van der Waals surface area (Å²) < 4.78 is 0. The van der Waals surface area contributed by atoms with Gasteiger partial charge >= 0.3 is 0 Å². The molecule has 2 heterocycles. The number of anilines is 1. The lowest BCUT2D eigenvalue weighted by Gasteiger charge is -2.35. The van der Waals surface area contributed by atoms with Crippen LogP contribution in [0.3, 0.4) is 0 Å². The number of likely N-dealkylation sites (N-methyl/N-ethyl adjacent to an activating group) is 1. The maximum atomic E-state index is 6.17. The molecule has 88 valence electrons. The number of aryl methyl sites for hydroxylation is 1. The number of aromatic nitrogens is 1. The van der Waals surface area contributed by atoms with Gasteiger partial charge in [0.15, 0.2) is 5.15 Å². The van der Waals surface area contributed by atoms with Gasteiger partial charge in [0.1, 0.15) is 0 Å². The van der Waals surface area contributed by atoms with E-state index in [1.165, 1.54) is 0 Å². The van der Waals surface area contributed by atoms with Gasteiger partial charge in [-0.3, -0.25) is 0 Å². The van der Waals surface area contributed by atoms with E-state index in [1.807, 2.05) is 13.0 Å². The zero-order valence-electron chi connectivity index (χ0n) is 9.91. The molecule has 1 aromatic heterocycles. The zero-order chi connectivity index (χ0) is 11.5. The Balaban J connectivity index is 2.08. The third-order valence-corrected chi connectivity index (χ3v) is 3.41. The molecule has 2 rings (SSSR count). The molecule has 0 bridgehead atoms. The minimum absolute atomic E-state index is 0.630. The van der Waals surface area contributed by atoms with E-state index in [-0.39, 0.29) is 0 Å². The highest BCUT2D eigenvalue weighted by atomic mass is 35.5. The normalized spacial score (nSPS) is 17.8. The lowest BCUT2D eigenvalue weighted by atomic mass is 10.2. The molecule has 0 atom stereocenters. The first-order chi connectivity index (χ1) is 7.70. The molecule has 0 aromatic carbocycles. The first kappa shape index (κ1) is 11.7. The van der Waals surface area contributed by atoms with Gasteiger partial charge in [-0.05, 0) is 25.6 Å². The van der Waals surface area contributed by atoms with Crippen molar-refractivity contribution in [3.05, 3.63) is 23.0 Å². The van der Waals surface area contributed by atoms with Gasteiger partial charge < -0.3 is 9.80 Å². The van der Waals surface area contributed by atoms with E-state index < -0.39 is 0 Å². The third-order valence-electron chi connectivity index (χ3n) is 3.13. The Kier molecular flexibility index (Phi) is 3.66. The van der Waals surface area contributed by atoms with E-state index in [1.54, 1.807) is 0 Å². The first-order valence-corrected chi connectivity index (χ1v) is 6.19. The number of halogens is 1. The molecule has 0 amide bonds. The fourth-order valence-electron chi connectivity index (χ4n) is 2.06. The summed E-state index contributed by atoms with van der Waals surface area (Å²) in [5, 5.41) is 0.630. The van der Waals surface area contributed by atoms with Crippen LogP contribution in [0.5, 0.6) is 0 Å². The van der Waals surface area contributed by atoms with Gasteiger partial charge in [0, 0.05) is 31.9 Å². The highest BCUT2D eigenvalue weighted by Gasteiger charge is 2.18. The minimum atomic E-state index is 0.630. The van der Waals surface area contributed by atoms with Crippen LogP contribution < -0.4 is 4.90 Å². The van der Waals surface area contributed by atoms with Crippen LogP contribution in [-0.4, -0.2) is 42.6 Å². The summed E-state index contributed by atoms with van der Waals surface area (Å²) in [7, 11) is 0. The summed E-state index contributed by atoms with van der Waals surface area (Å²) >= 11 is 6.17. The SMILES string of the molecule is CCN1CCN(c2ccc(C)nc2Cl)CC1. The summed E-state index contributed by atoms with van der Waals surface area (Å²) in [5.41, 5.74) is 2.05. The lowest BCUT2D eigenvalue weighted by Crippen LogP contribution is -2.46. The predicted octanol–water partition coefficient (Wildman–Crippen LogP) is 2.19. The summed E-state index contributed by atoms with van der Waals surface area (Å²) in [6, 6.07) is 4.10.